The number of amides is 2. The molecule has 1 saturated heterocycles. The summed E-state index contributed by atoms with van der Waals surface area (Å²) in [6.45, 7) is 1.82. The number of pyridine rings is 1. The maximum atomic E-state index is 12.5. The van der Waals surface area contributed by atoms with Crippen molar-refractivity contribution in [1.82, 2.24) is 9.88 Å². The topological polar surface area (TPSA) is 102 Å². The molecule has 3 aliphatic rings. The standard InChI is InChI=1S/C25H24N4O5/c30-22-14-33-21-8-7-16(11-19(21)27-22)28-12-17(34-25(28)32)4-2-10-26-20-13-29-23(31)9-6-15-3-1-5-18(20)24(15)29/h1,3,5-9,11,17,20,26H,2,4,10,12-14H2,(H,27,30)/t17-,20-/m0/s1. The van der Waals surface area contributed by atoms with Crippen LogP contribution >= 0.6 is 0 Å². The molecule has 6 rings (SSSR count). The van der Waals surface area contributed by atoms with E-state index in [2.05, 4.69) is 16.7 Å². The molecule has 2 amide bonds. The summed E-state index contributed by atoms with van der Waals surface area (Å²) in [5.41, 5.74) is 3.41. The summed E-state index contributed by atoms with van der Waals surface area (Å²) in [7, 11) is 0. The lowest BCUT2D eigenvalue weighted by Crippen LogP contribution is -2.28. The van der Waals surface area contributed by atoms with E-state index < -0.39 is 6.09 Å². The van der Waals surface area contributed by atoms with E-state index in [-0.39, 0.29) is 30.2 Å². The maximum Gasteiger partial charge on any atom is 0.414 e. The zero-order chi connectivity index (χ0) is 23.2. The molecule has 0 saturated carbocycles. The molecular formula is C25H24N4O5. The van der Waals surface area contributed by atoms with Crippen molar-refractivity contribution in [3.8, 4) is 5.75 Å². The van der Waals surface area contributed by atoms with Gasteiger partial charge in [0.2, 0.25) is 0 Å². The number of hydrogen-bond acceptors (Lipinski definition) is 6. The second kappa shape index (κ2) is 8.18. The van der Waals surface area contributed by atoms with Gasteiger partial charge in [0.05, 0.1) is 23.8 Å². The first-order valence-electron chi connectivity index (χ1n) is 11.5. The molecule has 0 bridgehead atoms. The third-order valence-electron chi connectivity index (χ3n) is 6.66. The van der Waals surface area contributed by atoms with Crippen molar-refractivity contribution >= 4 is 34.3 Å². The first-order valence-corrected chi connectivity index (χ1v) is 11.5. The van der Waals surface area contributed by atoms with Gasteiger partial charge in [0, 0.05) is 18.3 Å². The van der Waals surface area contributed by atoms with E-state index in [1.807, 2.05) is 22.8 Å². The Balaban J connectivity index is 1.05. The minimum atomic E-state index is -0.391. The number of benzene rings is 2. The van der Waals surface area contributed by atoms with Crippen LogP contribution in [-0.4, -0.2) is 42.4 Å². The zero-order valence-electron chi connectivity index (χ0n) is 18.5. The fraction of sp³-hybridized carbons (Fsp3) is 0.320. The van der Waals surface area contributed by atoms with E-state index in [0.717, 1.165) is 35.9 Å². The van der Waals surface area contributed by atoms with E-state index in [1.165, 1.54) is 0 Å². The second-order valence-corrected chi connectivity index (χ2v) is 8.85. The molecule has 3 aromatic rings. The lowest BCUT2D eigenvalue weighted by Gasteiger charge is -2.20. The average Bonchev–Trinajstić information content (AvgIpc) is 3.40. The third kappa shape index (κ3) is 3.58. The monoisotopic (exact) mass is 460 g/mol. The third-order valence-corrected chi connectivity index (χ3v) is 6.66. The number of para-hydroxylation sites is 1. The van der Waals surface area contributed by atoms with Gasteiger partial charge in [0.25, 0.3) is 11.5 Å². The normalized spacial score (nSPS) is 20.8. The van der Waals surface area contributed by atoms with Crippen LogP contribution in [0.1, 0.15) is 24.4 Å². The van der Waals surface area contributed by atoms with Crippen LogP contribution < -0.4 is 25.8 Å². The zero-order valence-corrected chi connectivity index (χ0v) is 18.5. The van der Waals surface area contributed by atoms with Gasteiger partial charge in [0.1, 0.15) is 11.9 Å². The van der Waals surface area contributed by atoms with Gasteiger partial charge in [-0.25, -0.2) is 4.79 Å². The second-order valence-electron chi connectivity index (χ2n) is 8.85. The summed E-state index contributed by atoms with van der Waals surface area (Å²) < 4.78 is 12.8. The van der Waals surface area contributed by atoms with E-state index in [0.29, 0.717) is 30.2 Å². The molecule has 34 heavy (non-hydrogen) atoms. The number of fused-ring (bicyclic) bond motifs is 1. The highest BCUT2D eigenvalue weighted by Crippen LogP contribution is 2.34. The Bertz CT molecular complexity index is 1370. The van der Waals surface area contributed by atoms with Crippen LogP contribution in [0.5, 0.6) is 5.75 Å². The first-order chi connectivity index (χ1) is 16.6. The Kier molecular flexibility index (Phi) is 4.99. The maximum absolute atomic E-state index is 12.5. The lowest BCUT2D eigenvalue weighted by molar-refractivity contribution is -0.118. The number of carbonyl (C=O) groups is 2. The van der Waals surface area contributed by atoms with Crippen molar-refractivity contribution in [3.63, 3.8) is 0 Å². The number of carbonyl (C=O) groups excluding carboxylic acids is 2. The summed E-state index contributed by atoms with van der Waals surface area (Å²) in [5.74, 6) is 0.371. The Morgan fingerprint density at radius 3 is 2.88 bits per heavy atom. The van der Waals surface area contributed by atoms with Gasteiger partial charge < -0.3 is 24.7 Å². The molecule has 0 unspecified atom stereocenters. The molecule has 1 aromatic heterocycles. The van der Waals surface area contributed by atoms with E-state index in [4.69, 9.17) is 9.47 Å². The fourth-order valence-electron chi connectivity index (χ4n) is 5.03. The molecule has 0 spiro atoms. The van der Waals surface area contributed by atoms with E-state index >= 15 is 0 Å². The minimum absolute atomic E-state index is 0.00690. The molecule has 0 radical (unpaired) electrons. The van der Waals surface area contributed by atoms with Crippen molar-refractivity contribution < 1.29 is 19.1 Å². The van der Waals surface area contributed by atoms with Crippen LogP contribution in [-0.2, 0) is 16.1 Å². The molecule has 2 atom stereocenters. The Hall–Kier alpha value is -3.85. The van der Waals surface area contributed by atoms with Crippen molar-refractivity contribution in [1.29, 1.82) is 0 Å². The van der Waals surface area contributed by atoms with Crippen molar-refractivity contribution in [3.05, 3.63) is 64.4 Å². The molecule has 2 N–H and O–H groups in total. The van der Waals surface area contributed by atoms with Gasteiger partial charge in [-0.15, -0.1) is 0 Å². The summed E-state index contributed by atoms with van der Waals surface area (Å²) in [4.78, 5) is 37.9. The minimum Gasteiger partial charge on any atom is -0.482 e. The molecule has 174 valence electrons. The molecule has 2 aromatic carbocycles. The molecular weight excluding hydrogens is 436 g/mol. The van der Waals surface area contributed by atoms with Crippen molar-refractivity contribution in [2.75, 3.05) is 29.9 Å². The quantitative estimate of drug-likeness (QED) is 0.549. The molecule has 9 nitrogen and oxygen atoms in total. The summed E-state index contributed by atoms with van der Waals surface area (Å²) in [6.07, 6.45) is 0.961. The molecule has 9 heteroatoms. The Morgan fingerprint density at radius 1 is 1.06 bits per heavy atom. The lowest BCUT2D eigenvalue weighted by atomic mass is 10.1. The molecule has 4 heterocycles. The largest absolute Gasteiger partial charge is 0.482 e. The highest BCUT2D eigenvalue weighted by atomic mass is 16.6. The molecule has 3 aliphatic heterocycles. The highest BCUT2D eigenvalue weighted by Gasteiger charge is 2.33. The average molecular weight is 460 g/mol. The highest BCUT2D eigenvalue weighted by molar-refractivity contribution is 5.97. The van der Waals surface area contributed by atoms with Crippen LogP contribution in [0.15, 0.2) is 53.3 Å². The van der Waals surface area contributed by atoms with Crippen LogP contribution in [0, 0.1) is 0 Å². The van der Waals surface area contributed by atoms with Crippen molar-refractivity contribution in [2.24, 2.45) is 0 Å². The van der Waals surface area contributed by atoms with Crippen LogP contribution in [0.4, 0.5) is 16.2 Å². The number of hydrogen-bond donors (Lipinski definition) is 2. The molecule has 1 fully saturated rings. The summed E-state index contributed by atoms with van der Waals surface area (Å²) in [6, 6.07) is 15.0. The van der Waals surface area contributed by atoms with Crippen molar-refractivity contribution in [2.45, 2.75) is 31.5 Å². The number of aromatic nitrogens is 1. The van der Waals surface area contributed by atoms with Crippen LogP contribution in [0.3, 0.4) is 0 Å². The SMILES string of the molecule is O=C1COc2ccc(N3C[C@H](CCCN[C@H]4Cn5c(=O)ccc6cccc4c65)OC3=O)cc2N1. The summed E-state index contributed by atoms with van der Waals surface area (Å²) in [5, 5.41) is 7.40. The first kappa shape index (κ1) is 20.7. The number of ether oxygens (including phenoxy) is 2. The molecule has 0 aliphatic carbocycles. The Morgan fingerprint density at radius 2 is 1.97 bits per heavy atom. The van der Waals surface area contributed by atoms with E-state index in [1.54, 1.807) is 29.2 Å². The van der Waals surface area contributed by atoms with Crippen LogP contribution in [0.25, 0.3) is 10.9 Å². The predicted molar refractivity (Wildman–Crippen MR) is 126 cm³/mol. The van der Waals surface area contributed by atoms with Gasteiger partial charge in [-0.05, 0) is 54.6 Å². The smallest absolute Gasteiger partial charge is 0.414 e. The van der Waals surface area contributed by atoms with Gasteiger partial charge in [-0.3, -0.25) is 14.5 Å². The van der Waals surface area contributed by atoms with Crippen LogP contribution in [0.2, 0.25) is 0 Å². The number of anilines is 2. The fourth-order valence-corrected chi connectivity index (χ4v) is 5.03. The number of cyclic esters (lactones) is 1. The summed E-state index contributed by atoms with van der Waals surface area (Å²) >= 11 is 0. The Labute approximate surface area is 195 Å². The van der Waals surface area contributed by atoms with Gasteiger partial charge in [-0.1, -0.05) is 18.2 Å². The van der Waals surface area contributed by atoms with Gasteiger partial charge >= 0.3 is 6.09 Å². The number of nitrogens with one attached hydrogen (secondary N) is 2. The number of nitrogens with zero attached hydrogens (tertiary/aromatic N) is 2. The van der Waals surface area contributed by atoms with E-state index in [9.17, 15) is 14.4 Å². The predicted octanol–water partition coefficient (Wildman–Crippen LogP) is 2.78. The van der Waals surface area contributed by atoms with Gasteiger partial charge in [-0.2, -0.15) is 0 Å². The van der Waals surface area contributed by atoms with Gasteiger partial charge in [0.15, 0.2) is 6.61 Å². The number of rotatable bonds is 6.